The van der Waals surface area contributed by atoms with Crippen LogP contribution in [0, 0.1) is 0 Å². The Morgan fingerprint density at radius 3 is 2.49 bits per heavy atom. The number of rotatable bonds is 6. The summed E-state index contributed by atoms with van der Waals surface area (Å²) in [6.45, 7) is 3.21. The fraction of sp³-hybridized carbons (Fsp3) is 0.250. The molecule has 2 aromatic carbocycles. The van der Waals surface area contributed by atoms with Gasteiger partial charge < -0.3 is 14.8 Å². The summed E-state index contributed by atoms with van der Waals surface area (Å²) >= 11 is 0. The van der Waals surface area contributed by atoms with E-state index in [2.05, 4.69) is 22.0 Å². The Hall–Kier alpha value is -3.97. The lowest BCUT2D eigenvalue weighted by Gasteiger charge is -2.26. The van der Waals surface area contributed by atoms with Crippen LogP contribution in [0.25, 0.3) is 10.9 Å². The maximum Gasteiger partial charge on any atom is 0.335 e. The number of aromatic carboxylic acids is 1. The van der Waals surface area contributed by atoms with Crippen LogP contribution in [-0.2, 0) is 13.6 Å². The average Bonchev–Trinajstić information content (AvgIpc) is 3.14. The van der Waals surface area contributed by atoms with Gasteiger partial charge in [-0.25, -0.2) is 9.79 Å². The summed E-state index contributed by atoms with van der Waals surface area (Å²) in [7, 11) is 1.74. The number of carboxylic acids is 1. The number of hydrogen-bond acceptors (Lipinski definition) is 5. The van der Waals surface area contributed by atoms with Gasteiger partial charge in [-0.3, -0.25) is 9.88 Å². The number of likely N-dealkylation sites (tertiary alicyclic amines) is 1. The van der Waals surface area contributed by atoms with E-state index < -0.39 is 5.97 Å². The van der Waals surface area contributed by atoms with Crippen molar-refractivity contribution < 1.29 is 15.0 Å². The summed E-state index contributed by atoms with van der Waals surface area (Å²) in [5.41, 5.74) is 4.37. The lowest BCUT2D eigenvalue weighted by atomic mass is 10.0. The van der Waals surface area contributed by atoms with Gasteiger partial charge in [0.2, 0.25) is 5.88 Å². The first-order valence-electron chi connectivity index (χ1n) is 11.9. The van der Waals surface area contributed by atoms with Gasteiger partial charge in [0.25, 0.3) is 0 Å². The molecule has 0 saturated carbocycles. The van der Waals surface area contributed by atoms with Crippen LogP contribution in [0.15, 0.2) is 71.9 Å². The Morgan fingerprint density at radius 1 is 1.03 bits per heavy atom. The summed E-state index contributed by atoms with van der Waals surface area (Å²) in [5, 5.41) is 21.2. The Bertz CT molecular complexity index is 1390. The maximum atomic E-state index is 11.6. The molecule has 1 fully saturated rings. The van der Waals surface area contributed by atoms with E-state index in [1.165, 1.54) is 30.9 Å². The largest absolute Gasteiger partial charge is 0.494 e. The molecule has 0 atom stereocenters. The molecule has 2 N–H and O–H groups in total. The van der Waals surface area contributed by atoms with Crippen LogP contribution in [-0.4, -0.2) is 49.4 Å². The van der Waals surface area contributed by atoms with Crippen molar-refractivity contribution >= 4 is 28.3 Å². The van der Waals surface area contributed by atoms with E-state index in [0.717, 1.165) is 25.3 Å². The number of hydrogen-bond donors (Lipinski definition) is 2. The minimum atomic E-state index is -1.03. The normalized spacial score (nSPS) is 14.9. The Morgan fingerprint density at radius 2 is 1.80 bits per heavy atom. The topological polar surface area (TPSA) is 91.0 Å². The van der Waals surface area contributed by atoms with Crippen molar-refractivity contribution in [3.63, 3.8) is 0 Å². The van der Waals surface area contributed by atoms with Crippen molar-refractivity contribution in [1.29, 1.82) is 0 Å². The van der Waals surface area contributed by atoms with Gasteiger partial charge in [0.15, 0.2) is 0 Å². The molecule has 7 heteroatoms. The molecule has 5 rings (SSSR count). The third kappa shape index (κ3) is 4.68. The Labute approximate surface area is 204 Å². The molecule has 0 spiro atoms. The Kier molecular flexibility index (Phi) is 6.33. The van der Waals surface area contributed by atoms with Crippen molar-refractivity contribution in [1.82, 2.24) is 14.5 Å². The van der Waals surface area contributed by atoms with Crippen molar-refractivity contribution in [2.24, 2.45) is 12.0 Å². The van der Waals surface area contributed by atoms with Crippen LogP contribution in [0.5, 0.6) is 5.88 Å². The summed E-state index contributed by atoms with van der Waals surface area (Å²) in [5.74, 6) is -1.02. The van der Waals surface area contributed by atoms with Crippen LogP contribution in [0.4, 0.5) is 5.69 Å². The number of nitrogens with zero attached hydrogens (tertiary/aromatic N) is 4. The minimum absolute atomic E-state index is 0.00802. The van der Waals surface area contributed by atoms with Crippen molar-refractivity contribution in [2.45, 2.75) is 25.8 Å². The molecule has 35 heavy (non-hydrogen) atoms. The third-order valence-electron chi connectivity index (χ3n) is 6.59. The smallest absolute Gasteiger partial charge is 0.335 e. The summed E-state index contributed by atoms with van der Waals surface area (Å²) in [6.07, 6.45) is 5.51. The van der Waals surface area contributed by atoms with E-state index in [1.807, 2.05) is 30.3 Å². The predicted octanol–water partition coefficient (Wildman–Crippen LogP) is 5.13. The fourth-order valence-corrected chi connectivity index (χ4v) is 4.72. The summed E-state index contributed by atoms with van der Waals surface area (Å²) < 4.78 is 1.64. The molecule has 0 aliphatic carbocycles. The molecule has 4 aromatic rings. The van der Waals surface area contributed by atoms with Gasteiger partial charge in [-0.2, -0.15) is 0 Å². The quantitative estimate of drug-likeness (QED) is 0.383. The zero-order valence-corrected chi connectivity index (χ0v) is 19.7. The number of pyridine rings is 1. The van der Waals surface area contributed by atoms with Crippen molar-refractivity contribution in [2.75, 3.05) is 13.1 Å². The number of carboxylic acid groups (broad SMARTS) is 1. The van der Waals surface area contributed by atoms with Gasteiger partial charge in [-0.15, -0.1) is 0 Å². The zero-order valence-electron chi connectivity index (χ0n) is 19.7. The molecular weight excluding hydrogens is 440 g/mol. The molecule has 0 bridgehead atoms. The van der Waals surface area contributed by atoms with Gasteiger partial charge in [-0.05, 0) is 74.0 Å². The molecule has 1 aliphatic heterocycles. The molecule has 0 amide bonds. The first-order chi connectivity index (χ1) is 17.0. The minimum Gasteiger partial charge on any atom is -0.494 e. The number of aromatic nitrogens is 2. The van der Waals surface area contributed by atoms with Crippen molar-refractivity contribution in [3.05, 3.63) is 89.2 Å². The highest BCUT2D eigenvalue weighted by Crippen LogP contribution is 2.34. The van der Waals surface area contributed by atoms with E-state index in [4.69, 9.17) is 4.99 Å². The van der Waals surface area contributed by atoms with Gasteiger partial charge in [-0.1, -0.05) is 24.6 Å². The van der Waals surface area contributed by atoms with E-state index in [9.17, 15) is 15.0 Å². The molecule has 0 unspecified atom stereocenters. The van der Waals surface area contributed by atoms with Crippen LogP contribution in [0.3, 0.4) is 0 Å². The first kappa shape index (κ1) is 22.8. The molecule has 7 nitrogen and oxygen atoms in total. The average molecular weight is 469 g/mol. The third-order valence-corrected chi connectivity index (χ3v) is 6.59. The van der Waals surface area contributed by atoms with E-state index in [0.29, 0.717) is 27.9 Å². The molecule has 1 saturated heterocycles. The van der Waals surface area contributed by atoms with Gasteiger partial charge in [0.05, 0.1) is 28.0 Å². The molecule has 0 radical (unpaired) electrons. The SMILES string of the molecule is Cn1c(O)c(C(=Nc2ccc(CN3CCCCC3)cc2)c2ccccn2)c2cc(C(=O)O)ccc21. The highest BCUT2D eigenvalue weighted by Gasteiger charge is 2.23. The number of piperidine rings is 1. The highest BCUT2D eigenvalue weighted by atomic mass is 16.4. The van der Waals surface area contributed by atoms with E-state index in [-0.39, 0.29) is 11.4 Å². The summed E-state index contributed by atoms with van der Waals surface area (Å²) in [4.78, 5) is 23.5. The van der Waals surface area contributed by atoms with Crippen LogP contribution in [0.1, 0.15) is 46.4 Å². The first-order valence-corrected chi connectivity index (χ1v) is 11.9. The second-order valence-corrected chi connectivity index (χ2v) is 8.97. The number of aromatic hydroxyl groups is 1. The number of fused-ring (bicyclic) bond motifs is 1. The number of aryl methyl sites for hydroxylation is 1. The van der Waals surface area contributed by atoms with Crippen LogP contribution < -0.4 is 0 Å². The lowest BCUT2D eigenvalue weighted by Crippen LogP contribution is -2.28. The van der Waals surface area contributed by atoms with Gasteiger partial charge in [0.1, 0.15) is 5.71 Å². The van der Waals surface area contributed by atoms with Gasteiger partial charge >= 0.3 is 5.97 Å². The standard InChI is InChI=1S/C28H28N4O3/c1-31-24-13-10-20(28(34)35)17-22(24)25(27(31)33)26(23-7-3-4-14-29-23)30-21-11-8-19(9-12-21)18-32-15-5-2-6-16-32/h3-4,7-14,17,33H,2,5-6,15-16,18H2,1H3,(H,34,35). The number of benzene rings is 2. The van der Waals surface area contributed by atoms with Crippen LogP contribution in [0.2, 0.25) is 0 Å². The summed E-state index contributed by atoms with van der Waals surface area (Å²) in [6, 6.07) is 18.5. The number of carbonyl (C=O) groups is 1. The fourth-order valence-electron chi connectivity index (χ4n) is 4.72. The second-order valence-electron chi connectivity index (χ2n) is 8.97. The van der Waals surface area contributed by atoms with E-state index in [1.54, 1.807) is 29.9 Å². The highest BCUT2D eigenvalue weighted by molar-refractivity contribution is 6.21. The Balaban J connectivity index is 1.59. The lowest BCUT2D eigenvalue weighted by molar-refractivity contribution is 0.0697. The second kappa shape index (κ2) is 9.72. The van der Waals surface area contributed by atoms with E-state index >= 15 is 0 Å². The molecule has 178 valence electrons. The van der Waals surface area contributed by atoms with Crippen molar-refractivity contribution in [3.8, 4) is 5.88 Å². The zero-order chi connectivity index (χ0) is 24.4. The monoisotopic (exact) mass is 468 g/mol. The predicted molar refractivity (Wildman–Crippen MR) is 137 cm³/mol. The molecule has 1 aliphatic rings. The molecule has 2 aromatic heterocycles. The number of aliphatic imine (C=N–C) groups is 1. The molecular formula is C28H28N4O3. The van der Waals surface area contributed by atoms with Crippen LogP contribution >= 0.6 is 0 Å². The van der Waals surface area contributed by atoms with Gasteiger partial charge in [0, 0.05) is 25.2 Å². The maximum absolute atomic E-state index is 11.6. The molecule has 3 heterocycles.